The molecule has 1 N–H and O–H groups in total. The van der Waals surface area contributed by atoms with Crippen molar-refractivity contribution in [3.8, 4) is 0 Å². The van der Waals surface area contributed by atoms with Crippen LogP contribution in [0.15, 0.2) is 57.6 Å². The Hall–Kier alpha value is -3.51. The van der Waals surface area contributed by atoms with Gasteiger partial charge < -0.3 is 15.0 Å². The molecule has 1 aromatic carbocycles. The van der Waals surface area contributed by atoms with E-state index in [2.05, 4.69) is 10.3 Å². The lowest BCUT2D eigenvalue weighted by molar-refractivity contribution is -0.138. The number of hydrogen-bond acceptors (Lipinski definition) is 8. The van der Waals surface area contributed by atoms with Gasteiger partial charge in [0.15, 0.2) is 0 Å². The summed E-state index contributed by atoms with van der Waals surface area (Å²) in [5.74, 6) is -1.03. The van der Waals surface area contributed by atoms with Crippen molar-refractivity contribution in [2.75, 3.05) is 13.7 Å². The minimum Gasteiger partial charge on any atom is -0.444 e. The van der Waals surface area contributed by atoms with E-state index in [1.165, 1.54) is 31.0 Å². The third kappa shape index (κ3) is 7.82. The molecule has 3 rings (SSSR count). The molecule has 0 fully saturated rings. The molecule has 0 aliphatic carbocycles. The summed E-state index contributed by atoms with van der Waals surface area (Å²) in [5, 5.41) is 2.76. The van der Waals surface area contributed by atoms with Crippen LogP contribution < -0.4 is 5.32 Å². The monoisotopic (exact) mass is 588 g/mol. The Morgan fingerprint density at radius 2 is 1.83 bits per heavy atom. The lowest BCUT2D eigenvalue weighted by Gasteiger charge is -2.33. The molecule has 41 heavy (non-hydrogen) atoms. The number of hydrogen-bond donors (Lipinski definition) is 1. The van der Waals surface area contributed by atoms with Crippen molar-refractivity contribution < 1.29 is 31.7 Å². The molecule has 0 radical (unpaired) electrons. The number of carbonyl (C=O) groups excluding carboxylic acids is 3. The fourth-order valence-electron chi connectivity index (χ4n) is 4.44. The molecule has 12 heteroatoms. The first-order valence-corrected chi connectivity index (χ1v) is 14.9. The minimum atomic E-state index is -4.06. The molecule has 2 heterocycles. The average molecular weight is 589 g/mol. The van der Waals surface area contributed by atoms with Crippen LogP contribution in [0.4, 0.5) is 4.79 Å². The molecule has 0 spiro atoms. The fourth-order valence-corrected chi connectivity index (χ4v) is 5.38. The number of aryl methyl sites for hydroxylation is 1. The van der Waals surface area contributed by atoms with Crippen LogP contribution in [0.5, 0.6) is 0 Å². The second-order valence-corrected chi connectivity index (χ2v) is 13.0. The highest BCUT2D eigenvalue weighted by Crippen LogP contribution is 2.32. The van der Waals surface area contributed by atoms with E-state index in [0.717, 1.165) is 16.0 Å². The Bertz CT molecular complexity index is 1360. The molecule has 2 aliphatic rings. The van der Waals surface area contributed by atoms with Gasteiger partial charge in [0.25, 0.3) is 16.0 Å². The van der Waals surface area contributed by atoms with Gasteiger partial charge in [-0.25, -0.2) is 4.79 Å². The number of allylic oxidation sites excluding steroid dienone is 3. The number of rotatable bonds is 7. The molecule has 4 atom stereocenters. The van der Waals surface area contributed by atoms with Crippen molar-refractivity contribution in [1.29, 1.82) is 0 Å². The van der Waals surface area contributed by atoms with Gasteiger partial charge in [-0.05, 0) is 78.7 Å². The molecule has 0 aromatic heterocycles. The lowest BCUT2D eigenvalue weighted by Crippen LogP contribution is -2.58. The summed E-state index contributed by atoms with van der Waals surface area (Å²) >= 11 is 0. The van der Waals surface area contributed by atoms with Crippen LogP contribution in [0, 0.1) is 6.92 Å². The molecule has 2 aliphatic heterocycles. The first-order valence-electron chi connectivity index (χ1n) is 13.5. The van der Waals surface area contributed by atoms with E-state index in [4.69, 9.17) is 8.92 Å². The Kier molecular flexibility index (Phi) is 9.81. The summed E-state index contributed by atoms with van der Waals surface area (Å²) in [5.41, 5.74) is 1.62. The zero-order valence-corrected chi connectivity index (χ0v) is 25.7. The number of aliphatic imine (C=N–C) groups is 1. The number of nitrogens with zero attached hydrogens (tertiary/aromatic N) is 3. The van der Waals surface area contributed by atoms with Crippen molar-refractivity contribution in [2.45, 2.75) is 89.6 Å². The Labute approximate surface area is 242 Å². The number of ether oxygens (including phenoxy) is 1. The predicted molar refractivity (Wildman–Crippen MR) is 155 cm³/mol. The van der Waals surface area contributed by atoms with Crippen molar-refractivity contribution >= 4 is 34.2 Å². The normalized spacial score (nSPS) is 23.6. The summed E-state index contributed by atoms with van der Waals surface area (Å²) in [6.45, 7) is 11.8. The fraction of sp³-hybridized carbons (Fsp3) is 0.517. The van der Waals surface area contributed by atoms with Gasteiger partial charge in [-0.1, -0.05) is 23.8 Å². The van der Waals surface area contributed by atoms with E-state index >= 15 is 0 Å². The zero-order valence-electron chi connectivity index (χ0n) is 24.9. The van der Waals surface area contributed by atoms with Gasteiger partial charge in [-0.2, -0.15) is 8.42 Å². The number of nitrogens with one attached hydrogen (secondary N) is 1. The van der Waals surface area contributed by atoms with Crippen molar-refractivity contribution in [3.63, 3.8) is 0 Å². The molecular formula is C29H40N4O7S. The van der Waals surface area contributed by atoms with Crippen LogP contribution in [-0.2, 0) is 28.6 Å². The average Bonchev–Trinajstić information content (AvgIpc) is 3.19. The Morgan fingerprint density at radius 3 is 2.44 bits per heavy atom. The van der Waals surface area contributed by atoms with E-state index in [-0.39, 0.29) is 11.5 Å². The van der Waals surface area contributed by atoms with Crippen LogP contribution in [-0.4, -0.2) is 85.8 Å². The van der Waals surface area contributed by atoms with E-state index in [1.54, 1.807) is 59.0 Å². The smallest absolute Gasteiger partial charge is 0.410 e. The maximum absolute atomic E-state index is 14.0. The highest BCUT2D eigenvalue weighted by molar-refractivity contribution is 7.86. The van der Waals surface area contributed by atoms with Gasteiger partial charge in [0.05, 0.1) is 23.6 Å². The van der Waals surface area contributed by atoms with E-state index in [0.29, 0.717) is 12.1 Å². The molecule has 0 saturated carbocycles. The number of benzene rings is 1. The van der Waals surface area contributed by atoms with Gasteiger partial charge in [0, 0.05) is 19.0 Å². The van der Waals surface area contributed by atoms with Crippen molar-refractivity contribution in [2.24, 2.45) is 4.99 Å². The highest BCUT2D eigenvalue weighted by Gasteiger charge is 2.41. The second kappa shape index (κ2) is 12.6. The van der Waals surface area contributed by atoms with Crippen LogP contribution >= 0.6 is 0 Å². The van der Waals surface area contributed by atoms with Gasteiger partial charge in [0.1, 0.15) is 17.7 Å². The van der Waals surface area contributed by atoms with Gasteiger partial charge in [-0.3, -0.25) is 23.7 Å². The third-order valence-corrected chi connectivity index (χ3v) is 8.30. The minimum absolute atomic E-state index is 0.0250. The van der Waals surface area contributed by atoms with E-state index in [1.807, 2.05) is 13.0 Å². The molecule has 1 unspecified atom stereocenters. The first-order chi connectivity index (χ1) is 19.0. The summed E-state index contributed by atoms with van der Waals surface area (Å²) in [6.07, 6.45) is 4.82. The summed E-state index contributed by atoms with van der Waals surface area (Å²) in [7, 11) is -2.62. The summed E-state index contributed by atoms with van der Waals surface area (Å²) in [6, 6.07) is 2.98. The first kappa shape index (κ1) is 32.0. The third-order valence-electron chi connectivity index (χ3n) is 7.00. The number of likely N-dealkylation sites (N-methyl/N-ethyl adjacent to an activating group) is 1. The van der Waals surface area contributed by atoms with Crippen molar-refractivity contribution in [1.82, 2.24) is 15.1 Å². The van der Waals surface area contributed by atoms with Crippen LogP contribution in [0.1, 0.15) is 53.5 Å². The maximum Gasteiger partial charge on any atom is 0.410 e. The number of amides is 3. The lowest BCUT2D eigenvalue weighted by atomic mass is 10.1. The summed E-state index contributed by atoms with van der Waals surface area (Å²) in [4.78, 5) is 46.9. The highest BCUT2D eigenvalue weighted by atomic mass is 32.2. The zero-order chi connectivity index (χ0) is 30.7. The van der Waals surface area contributed by atoms with Gasteiger partial charge in [-0.15, -0.1) is 0 Å². The quantitative estimate of drug-likeness (QED) is 0.483. The van der Waals surface area contributed by atoms with E-state index < -0.39 is 57.8 Å². The van der Waals surface area contributed by atoms with Gasteiger partial charge in [0.2, 0.25) is 5.91 Å². The molecule has 3 amide bonds. The van der Waals surface area contributed by atoms with Crippen LogP contribution in [0.25, 0.3) is 0 Å². The van der Waals surface area contributed by atoms with Crippen molar-refractivity contribution in [3.05, 3.63) is 53.3 Å². The maximum atomic E-state index is 14.0. The molecule has 2 bridgehead atoms. The topological polar surface area (TPSA) is 135 Å². The predicted octanol–water partition coefficient (Wildman–Crippen LogP) is 3.34. The summed E-state index contributed by atoms with van der Waals surface area (Å²) < 4.78 is 36.5. The van der Waals surface area contributed by atoms with E-state index in [9.17, 15) is 22.8 Å². The molecule has 1 aromatic rings. The second-order valence-electron chi connectivity index (χ2n) is 11.4. The Balaban J connectivity index is 1.83. The number of carbonyl (C=O) groups is 3. The number of fused-ring (bicyclic) bond motifs is 1. The molecular weight excluding hydrogens is 548 g/mol. The Morgan fingerprint density at radius 1 is 1.20 bits per heavy atom. The van der Waals surface area contributed by atoms with Crippen LogP contribution in [0.2, 0.25) is 0 Å². The SMILES string of the molecule is CC1=C2/C=C\C=N\C(C)[C@H](NC(=O)[C@H](C)N(C)C(=O)OC(C)(C)C)C(=O)N1[C@H](COS(=O)(=O)c1ccc(C)cc1)C2. The molecule has 11 nitrogen and oxygen atoms in total. The van der Waals surface area contributed by atoms with Gasteiger partial charge >= 0.3 is 6.09 Å². The standard InChI is InChI=1S/C29H40N4O7S/c1-18-11-13-24(14-12-18)41(37,38)39-17-23-16-22-10-9-15-30-19(2)25(27(35)33(23)20(22)3)31-26(34)21(4)32(8)28(36)40-29(5,6)7/h9-15,19,21,23,25H,16-17H2,1-8H3,(H,31,34)/b10-9-,30-15+/t19?,21-,23-,25-/m0/s1. The van der Waals surface area contributed by atoms with Crippen LogP contribution in [0.3, 0.4) is 0 Å². The molecule has 0 saturated heterocycles. The largest absolute Gasteiger partial charge is 0.444 e. The molecule has 224 valence electrons.